The van der Waals surface area contributed by atoms with Crippen molar-refractivity contribution in [3.8, 4) is 0 Å². The minimum absolute atomic E-state index is 0.446. The van der Waals surface area contributed by atoms with Gasteiger partial charge in [-0.3, -0.25) is 4.79 Å². The quantitative estimate of drug-likeness (QED) is 0.697. The number of benzene rings is 1. The van der Waals surface area contributed by atoms with E-state index in [0.29, 0.717) is 4.83 Å². The third-order valence-corrected chi connectivity index (χ3v) is 4.00. The predicted octanol–water partition coefficient (Wildman–Crippen LogP) is 5.47. The van der Waals surface area contributed by atoms with Gasteiger partial charge in [0, 0.05) is 9.53 Å². The van der Waals surface area contributed by atoms with Gasteiger partial charge in [-0.25, -0.2) is 0 Å². The summed E-state index contributed by atoms with van der Waals surface area (Å²) in [4.78, 5) is 10.5. The minimum atomic E-state index is -0.757. The second-order valence-corrected chi connectivity index (χ2v) is 7.71. The zero-order valence-electron chi connectivity index (χ0n) is 11.6. The molecule has 0 aliphatic carbocycles. The first-order valence-corrected chi connectivity index (χ1v) is 7.86. The first kappa shape index (κ1) is 16.2. The van der Waals surface area contributed by atoms with Crippen molar-refractivity contribution in [2.75, 3.05) is 0 Å². The smallest absolute Gasteiger partial charge is 0.308 e. The lowest BCUT2D eigenvalue weighted by Crippen LogP contribution is -2.18. The number of hydrogen-bond acceptors (Lipinski definition) is 2. The molecule has 2 rings (SSSR count). The summed E-state index contributed by atoms with van der Waals surface area (Å²) in [6, 6.07) is 8.77. The van der Waals surface area contributed by atoms with Crippen molar-refractivity contribution < 1.29 is 9.90 Å². The molecule has 0 aliphatic rings. The Balaban J connectivity index is 0.000000224. The number of carbonyl (C=O) groups is 1. The number of carboxylic acids is 1. The maximum absolute atomic E-state index is 10.0. The number of aliphatic carboxylic acids is 1. The Labute approximate surface area is 126 Å². The van der Waals surface area contributed by atoms with Gasteiger partial charge in [0.1, 0.15) is 0 Å². The lowest BCUT2D eigenvalue weighted by Gasteiger charge is -2.08. The van der Waals surface area contributed by atoms with Crippen LogP contribution in [0.2, 0.25) is 0 Å². The molecule has 19 heavy (non-hydrogen) atoms. The normalized spacial score (nSPS) is 12.7. The summed E-state index contributed by atoms with van der Waals surface area (Å²) in [6.07, 6.45) is 0. The number of halogens is 1. The molecular weight excluding hydrogens is 324 g/mol. The number of rotatable bonds is 1. The molecular formula is C15H19BrO2S. The van der Waals surface area contributed by atoms with E-state index in [-0.39, 0.29) is 0 Å². The van der Waals surface area contributed by atoms with E-state index in [0.717, 1.165) is 0 Å². The first-order chi connectivity index (χ1) is 8.71. The Bertz CT molecular complexity index is 553. The zero-order valence-corrected chi connectivity index (χ0v) is 14.0. The highest BCUT2D eigenvalue weighted by molar-refractivity contribution is 9.09. The summed E-state index contributed by atoms with van der Waals surface area (Å²) < 4.78 is 1.37. The van der Waals surface area contributed by atoms with Gasteiger partial charge < -0.3 is 5.11 Å². The summed E-state index contributed by atoms with van der Waals surface area (Å²) in [5, 5.41) is 11.7. The van der Waals surface area contributed by atoms with E-state index in [1.165, 1.54) is 15.6 Å². The van der Waals surface area contributed by atoms with Crippen molar-refractivity contribution >= 4 is 43.3 Å². The second-order valence-electron chi connectivity index (χ2n) is 5.39. The minimum Gasteiger partial charge on any atom is -0.481 e. The molecule has 4 heteroatoms. The summed E-state index contributed by atoms with van der Waals surface area (Å²) >= 11 is 5.35. The van der Waals surface area contributed by atoms with Crippen molar-refractivity contribution in [1.82, 2.24) is 0 Å². The van der Waals surface area contributed by atoms with Crippen LogP contribution in [0.3, 0.4) is 0 Å². The van der Waals surface area contributed by atoms with E-state index in [9.17, 15) is 4.79 Å². The highest BCUT2D eigenvalue weighted by atomic mass is 79.9. The van der Waals surface area contributed by atoms with Crippen molar-refractivity contribution in [3.05, 3.63) is 35.2 Å². The van der Waals surface area contributed by atoms with Gasteiger partial charge in [0.25, 0.3) is 0 Å². The molecule has 2 aromatic rings. The number of hydrogen-bond donors (Lipinski definition) is 1. The van der Waals surface area contributed by atoms with Gasteiger partial charge in [-0.05, 0) is 62.2 Å². The van der Waals surface area contributed by atoms with Crippen LogP contribution in [-0.4, -0.2) is 11.1 Å². The van der Waals surface area contributed by atoms with Crippen LogP contribution < -0.4 is 0 Å². The van der Waals surface area contributed by atoms with Crippen LogP contribution in [0, 0.1) is 5.41 Å². The molecule has 1 aromatic heterocycles. The highest BCUT2D eigenvalue weighted by Gasteiger charge is 2.18. The third-order valence-electron chi connectivity index (χ3n) is 2.58. The molecule has 0 aliphatic heterocycles. The van der Waals surface area contributed by atoms with Crippen molar-refractivity contribution in [1.29, 1.82) is 0 Å². The molecule has 0 bridgehead atoms. The van der Waals surface area contributed by atoms with E-state index in [2.05, 4.69) is 52.5 Å². The molecule has 1 N–H and O–H groups in total. The Hall–Kier alpha value is -0.870. The molecule has 0 radical (unpaired) electrons. The number of alkyl halides is 1. The standard InChI is InChI=1S/C10H9BrS.C5H10O2/c1-7(11)8-2-3-10-9(6-8)4-5-12-10;1-5(2,3)4(6)7/h2-7H,1H3;1-3H3,(H,6,7). The Morgan fingerprint density at radius 2 is 1.89 bits per heavy atom. The average molecular weight is 343 g/mol. The maximum Gasteiger partial charge on any atom is 0.308 e. The van der Waals surface area contributed by atoms with Crippen LogP contribution in [-0.2, 0) is 4.79 Å². The lowest BCUT2D eigenvalue weighted by atomic mass is 9.98. The Morgan fingerprint density at radius 1 is 1.32 bits per heavy atom. The molecule has 104 valence electrons. The molecule has 0 spiro atoms. The molecule has 0 amide bonds. The van der Waals surface area contributed by atoms with Gasteiger partial charge in [-0.15, -0.1) is 11.3 Å². The van der Waals surface area contributed by atoms with E-state index in [1.54, 1.807) is 32.1 Å². The predicted molar refractivity (Wildman–Crippen MR) is 86.3 cm³/mol. The summed E-state index contributed by atoms with van der Waals surface area (Å²) in [5.74, 6) is -0.757. The molecule has 0 saturated carbocycles. The van der Waals surface area contributed by atoms with Gasteiger partial charge in [-0.1, -0.05) is 22.0 Å². The summed E-state index contributed by atoms with van der Waals surface area (Å²) in [6.45, 7) is 7.13. The first-order valence-electron chi connectivity index (χ1n) is 6.06. The number of fused-ring (bicyclic) bond motifs is 1. The zero-order chi connectivity index (χ0) is 14.6. The van der Waals surface area contributed by atoms with E-state index < -0.39 is 11.4 Å². The van der Waals surface area contributed by atoms with Crippen LogP contribution in [0.5, 0.6) is 0 Å². The van der Waals surface area contributed by atoms with Crippen molar-refractivity contribution in [2.24, 2.45) is 5.41 Å². The fourth-order valence-corrected chi connectivity index (χ4v) is 2.29. The molecule has 0 saturated heterocycles. The molecule has 1 heterocycles. The van der Waals surface area contributed by atoms with Crippen LogP contribution in [0.15, 0.2) is 29.6 Å². The van der Waals surface area contributed by atoms with Gasteiger partial charge in [-0.2, -0.15) is 0 Å². The van der Waals surface area contributed by atoms with Crippen LogP contribution in [0.1, 0.15) is 38.1 Å². The fourth-order valence-electron chi connectivity index (χ4n) is 1.23. The van der Waals surface area contributed by atoms with E-state index >= 15 is 0 Å². The Morgan fingerprint density at radius 3 is 2.37 bits per heavy atom. The van der Waals surface area contributed by atoms with E-state index in [4.69, 9.17) is 5.11 Å². The number of thiophene rings is 1. The second kappa shape index (κ2) is 6.53. The molecule has 2 nitrogen and oxygen atoms in total. The number of carboxylic acid groups (broad SMARTS) is 1. The van der Waals surface area contributed by atoms with E-state index in [1.807, 2.05) is 0 Å². The largest absolute Gasteiger partial charge is 0.481 e. The van der Waals surface area contributed by atoms with Crippen molar-refractivity contribution in [3.63, 3.8) is 0 Å². The Kier molecular flexibility index (Phi) is 5.56. The highest BCUT2D eigenvalue weighted by Crippen LogP contribution is 2.27. The summed E-state index contributed by atoms with van der Waals surface area (Å²) in [5.41, 5.74) is 0.765. The van der Waals surface area contributed by atoms with Crippen LogP contribution >= 0.6 is 27.3 Å². The maximum atomic E-state index is 10.0. The fraction of sp³-hybridized carbons (Fsp3) is 0.400. The lowest BCUT2D eigenvalue weighted by molar-refractivity contribution is -0.145. The van der Waals surface area contributed by atoms with Gasteiger partial charge in [0.15, 0.2) is 0 Å². The van der Waals surface area contributed by atoms with Gasteiger partial charge >= 0.3 is 5.97 Å². The van der Waals surface area contributed by atoms with Crippen molar-refractivity contribution in [2.45, 2.75) is 32.5 Å². The molecule has 1 unspecified atom stereocenters. The third kappa shape index (κ3) is 4.96. The SMILES string of the molecule is CC(Br)c1ccc2sccc2c1.CC(C)(C)C(=O)O. The summed E-state index contributed by atoms with van der Waals surface area (Å²) in [7, 11) is 0. The van der Waals surface area contributed by atoms with Gasteiger partial charge in [0.05, 0.1) is 5.41 Å². The van der Waals surface area contributed by atoms with Gasteiger partial charge in [0.2, 0.25) is 0 Å². The monoisotopic (exact) mass is 342 g/mol. The van der Waals surface area contributed by atoms with Crippen LogP contribution in [0.25, 0.3) is 10.1 Å². The average Bonchev–Trinajstić information content (AvgIpc) is 2.74. The molecule has 0 fully saturated rings. The topological polar surface area (TPSA) is 37.3 Å². The van der Waals surface area contributed by atoms with Crippen LogP contribution in [0.4, 0.5) is 0 Å². The molecule has 1 aromatic carbocycles. The molecule has 1 atom stereocenters.